The van der Waals surface area contributed by atoms with Crippen molar-refractivity contribution in [1.82, 2.24) is 0 Å². The summed E-state index contributed by atoms with van der Waals surface area (Å²) < 4.78 is 44.1. The highest BCUT2D eigenvalue weighted by Crippen LogP contribution is 2.41. The summed E-state index contributed by atoms with van der Waals surface area (Å²) in [4.78, 5) is 0. The summed E-state index contributed by atoms with van der Waals surface area (Å²) in [6.07, 6.45) is -4.47. The minimum atomic E-state index is -4.47. The van der Waals surface area contributed by atoms with E-state index >= 15 is 0 Å². The Bertz CT molecular complexity index is 605. The molecular formula is C13H9F3OS. The monoisotopic (exact) mass is 270 g/mol. The molecule has 2 aromatic rings. The number of ether oxygens (including phenoxy) is 1. The number of hydrogen-bond acceptors (Lipinski definition) is 2. The summed E-state index contributed by atoms with van der Waals surface area (Å²) in [6.45, 7) is 0. The number of methoxy groups -OCH3 is 1. The maximum atomic E-state index is 13.1. The van der Waals surface area contributed by atoms with Crippen LogP contribution in [0.4, 0.5) is 13.2 Å². The molecule has 0 aliphatic rings. The van der Waals surface area contributed by atoms with E-state index in [1.165, 1.54) is 24.6 Å². The number of fused-ring (bicyclic) bond motifs is 1. The van der Waals surface area contributed by atoms with E-state index in [9.17, 15) is 13.2 Å². The molecule has 0 heterocycles. The second-order valence-corrected chi connectivity index (χ2v) is 3.94. The molecule has 5 heteroatoms. The first-order chi connectivity index (χ1) is 8.49. The van der Waals surface area contributed by atoms with Crippen molar-refractivity contribution in [2.45, 2.75) is 6.18 Å². The van der Waals surface area contributed by atoms with Crippen LogP contribution in [0.3, 0.4) is 0 Å². The van der Waals surface area contributed by atoms with Crippen LogP contribution in [-0.2, 0) is 6.18 Å². The van der Waals surface area contributed by atoms with E-state index in [-0.39, 0.29) is 11.1 Å². The molecule has 0 radical (unpaired) electrons. The number of thiocarbonyl (C=S) groups is 1. The zero-order chi connectivity index (χ0) is 13.3. The third-order valence-corrected chi connectivity index (χ3v) is 2.94. The lowest BCUT2D eigenvalue weighted by atomic mass is 9.99. The topological polar surface area (TPSA) is 9.23 Å². The first-order valence-corrected chi connectivity index (χ1v) is 5.58. The van der Waals surface area contributed by atoms with Crippen molar-refractivity contribution in [1.29, 1.82) is 0 Å². The summed E-state index contributed by atoms with van der Waals surface area (Å²) in [5.74, 6) is -0.184. The van der Waals surface area contributed by atoms with Gasteiger partial charge < -0.3 is 4.74 Å². The second-order valence-electron chi connectivity index (χ2n) is 3.70. The van der Waals surface area contributed by atoms with E-state index in [0.29, 0.717) is 10.9 Å². The molecule has 94 valence electrons. The molecule has 0 atom stereocenters. The van der Waals surface area contributed by atoms with E-state index < -0.39 is 11.7 Å². The molecule has 0 fully saturated rings. The van der Waals surface area contributed by atoms with Gasteiger partial charge in [-0.05, 0) is 22.4 Å². The second kappa shape index (κ2) is 4.57. The highest BCUT2D eigenvalue weighted by molar-refractivity contribution is 7.79. The van der Waals surface area contributed by atoms with Gasteiger partial charge in [0.1, 0.15) is 11.3 Å². The van der Waals surface area contributed by atoms with Gasteiger partial charge in [0, 0.05) is 5.37 Å². The van der Waals surface area contributed by atoms with Crippen LogP contribution in [0.5, 0.6) is 5.75 Å². The van der Waals surface area contributed by atoms with E-state index in [0.717, 1.165) is 0 Å². The van der Waals surface area contributed by atoms with Crippen LogP contribution in [0.15, 0.2) is 30.3 Å². The Labute approximate surface area is 107 Å². The van der Waals surface area contributed by atoms with Crippen molar-refractivity contribution in [3.63, 3.8) is 0 Å². The Hall–Kier alpha value is -1.62. The number of halogens is 3. The highest BCUT2D eigenvalue weighted by atomic mass is 32.1. The van der Waals surface area contributed by atoms with Gasteiger partial charge in [0.15, 0.2) is 0 Å². The lowest BCUT2D eigenvalue weighted by Crippen LogP contribution is -2.08. The predicted octanol–water partition coefficient (Wildman–Crippen LogP) is 4.22. The van der Waals surface area contributed by atoms with Crippen molar-refractivity contribution in [2.24, 2.45) is 0 Å². The van der Waals surface area contributed by atoms with Crippen LogP contribution in [0.2, 0.25) is 0 Å². The van der Waals surface area contributed by atoms with Gasteiger partial charge in [0.2, 0.25) is 0 Å². The van der Waals surface area contributed by atoms with Gasteiger partial charge in [-0.1, -0.05) is 36.5 Å². The summed E-state index contributed by atoms with van der Waals surface area (Å²) in [5.41, 5.74) is -0.170. The molecule has 0 saturated heterocycles. The van der Waals surface area contributed by atoms with Crippen molar-refractivity contribution < 1.29 is 17.9 Å². The van der Waals surface area contributed by atoms with Crippen LogP contribution in [-0.4, -0.2) is 12.5 Å². The predicted molar refractivity (Wildman–Crippen MR) is 68.3 cm³/mol. The van der Waals surface area contributed by atoms with Crippen LogP contribution in [0, 0.1) is 0 Å². The van der Waals surface area contributed by atoms with E-state index in [2.05, 4.69) is 0 Å². The zero-order valence-corrected chi connectivity index (χ0v) is 10.2. The van der Waals surface area contributed by atoms with Gasteiger partial charge >= 0.3 is 6.18 Å². The molecule has 0 spiro atoms. The molecule has 0 bridgehead atoms. The maximum absolute atomic E-state index is 13.1. The van der Waals surface area contributed by atoms with E-state index in [1.807, 2.05) is 0 Å². The van der Waals surface area contributed by atoms with Gasteiger partial charge in [-0.2, -0.15) is 13.2 Å². The van der Waals surface area contributed by atoms with Gasteiger partial charge in [-0.15, -0.1) is 0 Å². The van der Waals surface area contributed by atoms with Crippen LogP contribution < -0.4 is 4.74 Å². The third-order valence-electron chi connectivity index (χ3n) is 2.69. The molecule has 2 rings (SSSR count). The molecule has 1 nitrogen and oxygen atoms in total. The molecule has 0 saturated carbocycles. The highest BCUT2D eigenvalue weighted by Gasteiger charge is 2.36. The fraction of sp³-hybridized carbons (Fsp3) is 0.154. The lowest BCUT2D eigenvalue weighted by Gasteiger charge is -2.15. The Morgan fingerprint density at radius 1 is 1.11 bits per heavy atom. The largest absolute Gasteiger partial charge is 0.496 e. The number of hydrogen-bond donors (Lipinski definition) is 0. The molecule has 0 aromatic heterocycles. The summed E-state index contributed by atoms with van der Waals surface area (Å²) in [6, 6.07) is 7.55. The maximum Gasteiger partial charge on any atom is 0.420 e. The van der Waals surface area contributed by atoms with Crippen molar-refractivity contribution >= 4 is 28.4 Å². The molecule has 0 aliphatic carbocycles. The number of rotatable bonds is 2. The molecule has 0 N–H and O–H groups in total. The van der Waals surface area contributed by atoms with Gasteiger partial charge in [0.05, 0.1) is 7.11 Å². The molecule has 0 unspecified atom stereocenters. The Balaban J connectivity index is 2.91. The molecule has 0 aliphatic heterocycles. The standard InChI is InChI=1S/C13H9F3OS/c1-17-11-6-5-9-8(7-18)3-2-4-10(9)12(11)13(14,15)16/h2-7H,1H3. The Morgan fingerprint density at radius 3 is 2.39 bits per heavy atom. The number of benzene rings is 2. The normalized spacial score (nSPS) is 11.6. The summed E-state index contributed by atoms with van der Waals surface area (Å²) in [5, 5.41) is 1.94. The van der Waals surface area contributed by atoms with E-state index in [1.54, 1.807) is 18.2 Å². The van der Waals surface area contributed by atoms with Gasteiger partial charge in [0.25, 0.3) is 0 Å². The third kappa shape index (κ3) is 2.06. The minimum absolute atomic E-state index is 0.0976. The van der Waals surface area contributed by atoms with Crippen molar-refractivity contribution in [3.8, 4) is 5.75 Å². The SMILES string of the molecule is COc1ccc2c(C=S)cccc2c1C(F)(F)F. The lowest BCUT2D eigenvalue weighted by molar-refractivity contribution is -0.137. The Kier molecular flexibility index (Phi) is 3.26. The molecule has 2 aromatic carbocycles. The number of alkyl halides is 3. The van der Waals surface area contributed by atoms with Crippen LogP contribution in [0.25, 0.3) is 10.8 Å². The molecular weight excluding hydrogens is 261 g/mol. The van der Waals surface area contributed by atoms with Crippen LogP contribution in [0.1, 0.15) is 11.1 Å². The van der Waals surface area contributed by atoms with Crippen LogP contribution >= 0.6 is 12.2 Å². The quantitative estimate of drug-likeness (QED) is 0.756. The van der Waals surface area contributed by atoms with E-state index in [4.69, 9.17) is 17.0 Å². The van der Waals surface area contributed by atoms with Gasteiger partial charge in [-0.3, -0.25) is 0 Å². The fourth-order valence-electron chi connectivity index (χ4n) is 1.93. The average molecular weight is 270 g/mol. The zero-order valence-electron chi connectivity index (χ0n) is 9.41. The first-order valence-electron chi connectivity index (χ1n) is 5.11. The van der Waals surface area contributed by atoms with Gasteiger partial charge in [-0.25, -0.2) is 0 Å². The molecule has 0 amide bonds. The summed E-state index contributed by atoms with van der Waals surface area (Å²) >= 11 is 4.81. The first kappa shape index (κ1) is 12.8. The van der Waals surface area contributed by atoms with Crippen molar-refractivity contribution in [2.75, 3.05) is 7.11 Å². The minimum Gasteiger partial charge on any atom is -0.496 e. The average Bonchev–Trinajstić information content (AvgIpc) is 2.35. The smallest absolute Gasteiger partial charge is 0.420 e. The van der Waals surface area contributed by atoms with Crippen molar-refractivity contribution in [3.05, 3.63) is 41.5 Å². The summed E-state index contributed by atoms with van der Waals surface area (Å²) in [7, 11) is 1.22. The fourth-order valence-corrected chi connectivity index (χ4v) is 2.13. The Morgan fingerprint density at radius 2 is 1.83 bits per heavy atom. The molecule has 18 heavy (non-hydrogen) atoms.